The normalized spacial score (nSPS) is 13.9. The molecule has 1 aromatic carbocycles. The van der Waals surface area contributed by atoms with Crippen molar-refractivity contribution < 1.29 is 35.5 Å². The third kappa shape index (κ3) is 4.45. The monoisotopic (exact) mass is 452 g/mol. The van der Waals surface area contributed by atoms with Crippen molar-refractivity contribution in [2.45, 2.75) is 25.3 Å². The number of hydrogen-bond donors (Lipinski definition) is 1. The second-order valence-electron chi connectivity index (χ2n) is 6.03. The van der Waals surface area contributed by atoms with Crippen molar-refractivity contribution in [3.8, 4) is 11.3 Å². The lowest BCUT2D eigenvalue weighted by Crippen LogP contribution is -2.42. The summed E-state index contributed by atoms with van der Waals surface area (Å²) in [6, 6.07) is 3.12. The number of rotatable bonds is 4. The lowest BCUT2D eigenvalue weighted by Gasteiger charge is -2.15. The van der Waals surface area contributed by atoms with Crippen LogP contribution in [0.25, 0.3) is 22.3 Å². The molecule has 0 bridgehead atoms. The minimum Gasteiger partial charge on any atom is -0.341 e. The summed E-state index contributed by atoms with van der Waals surface area (Å²) in [7, 11) is 0. The minimum absolute atomic E-state index is 0.0764. The highest BCUT2D eigenvalue weighted by molar-refractivity contribution is 7.16. The molecular weight excluding hydrogens is 441 g/mol. The van der Waals surface area contributed by atoms with Gasteiger partial charge in [0.15, 0.2) is 0 Å². The van der Waals surface area contributed by atoms with Gasteiger partial charge in [0, 0.05) is 11.6 Å². The molecule has 2 aromatic heterocycles. The Hall–Kier alpha value is -2.96. The van der Waals surface area contributed by atoms with Crippen molar-refractivity contribution in [2.24, 2.45) is 0 Å². The number of halogens is 7. The number of imidazole rings is 1. The first kappa shape index (κ1) is 21.7. The van der Waals surface area contributed by atoms with Crippen molar-refractivity contribution in [3.05, 3.63) is 46.9 Å². The van der Waals surface area contributed by atoms with Gasteiger partial charge in [-0.2, -0.15) is 26.3 Å². The molecule has 0 radical (unpaired) electrons. The van der Waals surface area contributed by atoms with E-state index >= 15 is 0 Å². The van der Waals surface area contributed by atoms with Gasteiger partial charge in [0.2, 0.25) is 15.9 Å². The molecule has 0 aliphatic heterocycles. The van der Waals surface area contributed by atoms with E-state index < -0.39 is 35.1 Å². The molecule has 1 atom stereocenters. The average molecular weight is 452 g/mol. The number of fused-ring (bicyclic) bond motifs is 1. The summed E-state index contributed by atoms with van der Waals surface area (Å²) in [6.45, 7) is 0.726. The summed E-state index contributed by atoms with van der Waals surface area (Å²) >= 11 is 0.198. The maximum atomic E-state index is 14.2. The predicted octanol–water partition coefficient (Wildman–Crippen LogP) is 4.70. The first-order chi connectivity index (χ1) is 13.9. The molecule has 0 aliphatic rings. The molecule has 13 heteroatoms. The van der Waals surface area contributed by atoms with E-state index in [9.17, 15) is 35.5 Å². The Labute approximate surface area is 167 Å². The number of carbonyl (C=O) groups excluding carboxylic acids is 1. The minimum atomic E-state index is -4.76. The molecule has 0 saturated heterocycles. The first-order valence-corrected chi connectivity index (χ1v) is 8.96. The van der Waals surface area contributed by atoms with Crippen molar-refractivity contribution >= 4 is 28.3 Å². The second-order valence-corrected chi connectivity index (χ2v) is 6.99. The molecule has 0 spiro atoms. The molecule has 30 heavy (non-hydrogen) atoms. The van der Waals surface area contributed by atoms with Gasteiger partial charge < -0.3 is 5.32 Å². The van der Waals surface area contributed by atoms with Crippen LogP contribution in [0.1, 0.15) is 17.6 Å². The van der Waals surface area contributed by atoms with Crippen LogP contribution in [0.15, 0.2) is 30.3 Å². The van der Waals surface area contributed by atoms with Gasteiger partial charge in [-0.3, -0.25) is 4.79 Å². The van der Waals surface area contributed by atoms with Gasteiger partial charge in [0.05, 0.1) is 5.69 Å². The highest BCUT2D eigenvalue weighted by Crippen LogP contribution is 2.35. The van der Waals surface area contributed by atoms with Crippen LogP contribution < -0.4 is 5.32 Å². The molecule has 0 fully saturated rings. The molecule has 3 aromatic rings. The number of aromatic nitrogens is 3. The van der Waals surface area contributed by atoms with E-state index in [1.165, 1.54) is 18.2 Å². The van der Waals surface area contributed by atoms with E-state index in [1.54, 1.807) is 5.32 Å². The number of alkyl halides is 6. The van der Waals surface area contributed by atoms with Crippen LogP contribution in [0.5, 0.6) is 0 Å². The summed E-state index contributed by atoms with van der Waals surface area (Å²) in [5.74, 6) is -1.88. The molecule has 0 aliphatic carbocycles. The van der Waals surface area contributed by atoms with Crippen LogP contribution in [0.4, 0.5) is 30.7 Å². The highest BCUT2D eigenvalue weighted by Gasteiger charge is 2.37. The van der Waals surface area contributed by atoms with Crippen LogP contribution in [-0.4, -0.2) is 32.7 Å². The number of hydrogen-bond acceptors (Lipinski definition) is 4. The first-order valence-electron chi connectivity index (χ1n) is 8.15. The van der Waals surface area contributed by atoms with Crippen LogP contribution in [0.2, 0.25) is 0 Å². The summed E-state index contributed by atoms with van der Waals surface area (Å²) in [4.78, 5) is 15.6. The zero-order valence-corrected chi connectivity index (χ0v) is 15.7. The van der Waals surface area contributed by atoms with Gasteiger partial charge in [-0.25, -0.2) is 13.9 Å². The van der Waals surface area contributed by atoms with Crippen LogP contribution in [0, 0.1) is 5.82 Å². The maximum Gasteiger partial charge on any atom is 0.445 e. The van der Waals surface area contributed by atoms with Crippen molar-refractivity contribution in [3.63, 3.8) is 0 Å². The second kappa shape index (κ2) is 7.70. The fraction of sp³-hybridized carbons (Fsp3) is 0.235. The third-order valence-electron chi connectivity index (χ3n) is 3.85. The van der Waals surface area contributed by atoms with Crippen LogP contribution in [-0.2, 0) is 11.0 Å². The molecule has 0 saturated carbocycles. The standard InChI is InChI=1S/C17H11F7N4OS/c1-8(16(19,20)21)25-12(29)7-6-11-13(9-4-2-3-5-10(9)18)26-15-28(11)27-14(30-15)17(22,23)24/h2-8H,1H3,(H,25,29)/b7-6+. The van der Waals surface area contributed by atoms with Crippen molar-refractivity contribution in [2.75, 3.05) is 0 Å². The molecule has 1 N–H and O–H groups in total. The maximum absolute atomic E-state index is 14.2. The Kier molecular flexibility index (Phi) is 5.58. The van der Waals surface area contributed by atoms with E-state index in [0.29, 0.717) is 6.08 Å². The zero-order chi connectivity index (χ0) is 22.3. The predicted molar refractivity (Wildman–Crippen MR) is 94.0 cm³/mol. The number of nitrogens with zero attached hydrogens (tertiary/aromatic N) is 3. The molecule has 1 amide bonds. The van der Waals surface area contributed by atoms with Gasteiger partial charge in [0.25, 0.3) is 0 Å². The molecule has 5 nitrogen and oxygen atoms in total. The van der Waals surface area contributed by atoms with Gasteiger partial charge in [0.1, 0.15) is 17.6 Å². The number of benzene rings is 1. The summed E-state index contributed by atoms with van der Waals surface area (Å²) in [6.07, 6.45) is -7.82. The van der Waals surface area contributed by atoms with E-state index in [2.05, 4.69) is 10.1 Å². The van der Waals surface area contributed by atoms with Crippen LogP contribution >= 0.6 is 11.3 Å². The Balaban J connectivity index is 2.06. The van der Waals surface area contributed by atoms with E-state index in [1.807, 2.05) is 0 Å². The largest absolute Gasteiger partial charge is 0.445 e. The Morgan fingerprint density at radius 1 is 1.20 bits per heavy atom. The van der Waals surface area contributed by atoms with E-state index in [0.717, 1.165) is 23.6 Å². The lowest BCUT2D eigenvalue weighted by molar-refractivity contribution is -0.156. The van der Waals surface area contributed by atoms with Gasteiger partial charge in [-0.15, -0.1) is 5.10 Å². The lowest BCUT2D eigenvalue weighted by atomic mass is 10.1. The Bertz CT molecular complexity index is 1110. The molecule has 2 heterocycles. The summed E-state index contributed by atoms with van der Waals surface area (Å²) < 4.78 is 91.5. The quantitative estimate of drug-likeness (QED) is 0.462. The van der Waals surface area contributed by atoms with Crippen LogP contribution in [0.3, 0.4) is 0 Å². The topological polar surface area (TPSA) is 59.3 Å². The van der Waals surface area contributed by atoms with Crippen molar-refractivity contribution in [1.82, 2.24) is 19.9 Å². The smallest absolute Gasteiger partial charge is 0.341 e. The number of nitrogens with one attached hydrogen (secondary N) is 1. The highest BCUT2D eigenvalue weighted by atomic mass is 32.1. The SMILES string of the molecule is CC(NC(=O)/C=C/c1c(-c2ccccc2F)nc2sc(C(F)(F)F)nn12)C(F)(F)F. The molecule has 3 rings (SSSR count). The summed E-state index contributed by atoms with van der Waals surface area (Å²) in [5, 5.41) is 3.85. The molecular formula is C17H11F7N4OS. The molecule has 1 unspecified atom stereocenters. The average Bonchev–Trinajstić information content (AvgIpc) is 3.17. The van der Waals surface area contributed by atoms with E-state index in [4.69, 9.17) is 0 Å². The number of carbonyl (C=O) groups is 1. The van der Waals surface area contributed by atoms with Gasteiger partial charge in [-0.1, -0.05) is 23.5 Å². The summed E-state index contributed by atoms with van der Waals surface area (Å²) in [5.41, 5.74) is -0.391. The van der Waals surface area contributed by atoms with Gasteiger partial charge >= 0.3 is 12.4 Å². The molecule has 160 valence electrons. The Morgan fingerprint density at radius 2 is 1.87 bits per heavy atom. The van der Waals surface area contributed by atoms with E-state index in [-0.39, 0.29) is 33.2 Å². The van der Waals surface area contributed by atoms with Crippen molar-refractivity contribution in [1.29, 1.82) is 0 Å². The van der Waals surface area contributed by atoms with Gasteiger partial charge in [-0.05, 0) is 25.1 Å². The Morgan fingerprint density at radius 3 is 2.47 bits per heavy atom. The fourth-order valence-electron chi connectivity index (χ4n) is 2.38. The third-order valence-corrected chi connectivity index (χ3v) is 4.81. The fourth-order valence-corrected chi connectivity index (χ4v) is 3.15. The zero-order valence-electron chi connectivity index (χ0n) is 14.8. The number of amides is 1.